The van der Waals surface area contributed by atoms with Crippen molar-refractivity contribution in [3.05, 3.63) is 22.7 Å². The van der Waals surface area contributed by atoms with E-state index in [-0.39, 0.29) is 0 Å². The zero-order valence-electron chi connectivity index (χ0n) is 10.4. The Hall–Kier alpha value is -1.16. The summed E-state index contributed by atoms with van der Waals surface area (Å²) in [5.41, 5.74) is 0.899. The predicted octanol–water partition coefficient (Wildman–Crippen LogP) is 4.19. The molecule has 0 amide bonds. The highest BCUT2D eigenvalue weighted by atomic mass is 79.9. The smallest absolute Gasteiger partial charge is 0.196 e. The summed E-state index contributed by atoms with van der Waals surface area (Å²) in [4.78, 5) is 2.32. The summed E-state index contributed by atoms with van der Waals surface area (Å²) in [6.07, 6.45) is 3.83. The van der Waals surface area contributed by atoms with Gasteiger partial charge in [-0.15, -0.1) is 0 Å². The van der Waals surface area contributed by atoms with Crippen molar-refractivity contribution in [3.8, 4) is 5.75 Å². The number of nitrogens with zero attached hydrogens (tertiary/aromatic N) is 1. The molecular formula is C14H16BrNO2. The van der Waals surface area contributed by atoms with Gasteiger partial charge in [-0.2, -0.15) is 0 Å². The number of methoxy groups -OCH3 is 1. The predicted molar refractivity (Wildman–Crippen MR) is 76.5 cm³/mol. The summed E-state index contributed by atoms with van der Waals surface area (Å²) < 4.78 is 12.2. The number of piperidine rings is 1. The van der Waals surface area contributed by atoms with Crippen molar-refractivity contribution in [2.75, 3.05) is 25.1 Å². The summed E-state index contributed by atoms with van der Waals surface area (Å²) >= 11 is 3.53. The Balaban J connectivity index is 2.01. The van der Waals surface area contributed by atoms with Crippen LogP contribution in [0.4, 0.5) is 5.88 Å². The Morgan fingerprint density at radius 1 is 1.17 bits per heavy atom. The van der Waals surface area contributed by atoms with Crippen molar-refractivity contribution < 1.29 is 9.15 Å². The van der Waals surface area contributed by atoms with Crippen LogP contribution in [0.5, 0.6) is 5.75 Å². The molecule has 3 nitrogen and oxygen atoms in total. The largest absolute Gasteiger partial charge is 0.497 e. The number of ether oxygens (including phenoxy) is 1. The highest BCUT2D eigenvalue weighted by Crippen LogP contribution is 2.35. The van der Waals surface area contributed by atoms with Crippen molar-refractivity contribution in [2.45, 2.75) is 19.3 Å². The van der Waals surface area contributed by atoms with Crippen LogP contribution in [0, 0.1) is 0 Å². The highest BCUT2D eigenvalue weighted by Gasteiger charge is 2.16. The lowest BCUT2D eigenvalue weighted by Crippen LogP contribution is -2.28. The number of furan rings is 1. The van der Waals surface area contributed by atoms with Gasteiger partial charge in [0.1, 0.15) is 5.75 Å². The fraction of sp³-hybridized carbons (Fsp3) is 0.429. The second-order valence-corrected chi connectivity index (χ2v) is 5.51. The van der Waals surface area contributed by atoms with Crippen LogP contribution in [-0.2, 0) is 0 Å². The van der Waals surface area contributed by atoms with E-state index >= 15 is 0 Å². The summed E-state index contributed by atoms with van der Waals surface area (Å²) in [6.45, 7) is 2.18. The first-order chi connectivity index (χ1) is 8.78. The molecule has 0 radical (unpaired) electrons. The van der Waals surface area contributed by atoms with E-state index in [9.17, 15) is 0 Å². The zero-order chi connectivity index (χ0) is 12.5. The molecular weight excluding hydrogens is 294 g/mol. The first kappa shape index (κ1) is 11.9. The lowest BCUT2D eigenvalue weighted by molar-refractivity contribution is 0.415. The van der Waals surface area contributed by atoms with Crippen LogP contribution in [0.3, 0.4) is 0 Å². The van der Waals surface area contributed by atoms with E-state index in [4.69, 9.17) is 9.15 Å². The third-order valence-corrected chi connectivity index (χ3v) is 4.02. The lowest BCUT2D eigenvalue weighted by Gasteiger charge is -2.25. The number of rotatable bonds is 2. The maximum absolute atomic E-state index is 5.96. The van der Waals surface area contributed by atoms with Gasteiger partial charge in [-0.25, -0.2) is 0 Å². The van der Waals surface area contributed by atoms with Gasteiger partial charge in [0.2, 0.25) is 0 Å². The minimum atomic E-state index is 0.848. The van der Waals surface area contributed by atoms with Gasteiger partial charge in [0.25, 0.3) is 0 Å². The molecule has 0 spiro atoms. The molecule has 0 aliphatic carbocycles. The average Bonchev–Trinajstić information content (AvgIpc) is 2.84. The fourth-order valence-corrected chi connectivity index (χ4v) is 2.99. The molecule has 1 saturated heterocycles. The molecule has 1 aliphatic heterocycles. The molecule has 4 heteroatoms. The van der Waals surface area contributed by atoms with Crippen LogP contribution in [0.1, 0.15) is 19.3 Å². The second-order valence-electron chi connectivity index (χ2n) is 4.66. The van der Waals surface area contributed by atoms with Crippen molar-refractivity contribution in [2.24, 2.45) is 0 Å². The third kappa shape index (κ3) is 2.09. The van der Waals surface area contributed by atoms with Crippen molar-refractivity contribution in [1.82, 2.24) is 0 Å². The average molecular weight is 310 g/mol. The van der Waals surface area contributed by atoms with E-state index in [2.05, 4.69) is 26.9 Å². The van der Waals surface area contributed by atoms with E-state index < -0.39 is 0 Å². The lowest BCUT2D eigenvalue weighted by atomic mass is 10.1. The number of benzene rings is 1. The van der Waals surface area contributed by atoms with Crippen molar-refractivity contribution in [1.29, 1.82) is 0 Å². The Morgan fingerprint density at radius 3 is 2.67 bits per heavy atom. The number of halogens is 1. The highest BCUT2D eigenvalue weighted by molar-refractivity contribution is 9.10. The Kier molecular flexibility index (Phi) is 3.20. The van der Waals surface area contributed by atoms with E-state index in [1.165, 1.54) is 19.3 Å². The molecule has 1 aliphatic rings. The molecule has 0 N–H and O–H groups in total. The number of hydrogen-bond donors (Lipinski definition) is 0. The molecule has 1 aromatic carbocycles. The standard InChI is InChI=1S/C14H16BrNO2/c1-17-11-7-10-8-13(16-5-3-2-4-6-16)18-14(10)12(15)9-11/h7-9H,2-6H2,1H3. The van der Waals surface area contributed by atoms with E-state index in [0.29, 0.717) is 0 Å². The minimum Gasteiger partial charge on any atom is -0.497 e. The molecule has 0 atom stereocenters. The SMILES string of the molecule is COc1cc(Br)c2oc(N3CCCCC3)cc2c1. The normalized spacial score (nSPS) is 16.2. The summed E-state index contributed by atoms with van der Waals surface area (Å²) in [6, 6.07) is 6.05. The van der Waals surface area contributed by atoms with Gasteiger partial charge in [0, 0.05) is 24.5 Å². The molecule has 18 heavy (non-hydrogen) atoms. The van der Waals surface area contributed by atoms with Crippen LogP contribution in [-0.4, -0.2) is 20.2 Å². The molecule has 2 aromatic rings. The number of anilines is 1. The van der Waals surface area contributed by atoms with E-state index in [0.717, 1.165) is 40.2 Å². The Bertz CT molecular complexity index is 558. The molecule has 0 unspecified atom stereocenters. The van der Waals surface area contributed by atoms with Crippen molar-refractivity contribution in [3.63, 3.8) is 0 Å². The third-order valence-electron chi connectivity index (χ3n) is 3.43. The van der Waals surface area contributed by atoms with Crippen LogP contribution in [0.15, 0.2) is 27.1 Å². The molecule has 0 bridgehead atoms. The van der Waals surface area contributed by atoms with Gasteiger partial charge in [0.05, 0.1) is 11.6 Å². The fourth-order valence-electron chi connectivity index (χ4n) is 2.46. The minimum absolute atomic E-state index is 0.848. The van der Waals surface area contributed by atoms with Gasteiger partial charge in [-0.3, -0.25) is 0 Å². The first-order valence-electron chi connectivity index (χ1n) is 6.30. The molecule has 96 valence electrons. The van der Waals surface area contributed by atoms with Gasteiger partial charge in [-0.1, -0.05) is 0 Å². The Labute approximate surface area is 115 Å². The molecule has 3 rings (SSSR count). The van der Waals surface area contributed by atoms with Crippen LogP contribution in [0.25, 0.3) is 11.0 Å². The van der Waals surface area contributed by atoms with Gasteiger partial charge >= 0.3 is 0 Å². The van der Waals surface area contributed by atoms with Gasteiger partial charge in [0.15, 0.2) is 11.5 Å². The molecule has 0 saturated carbocycles. The summed E-state index contributed by atoms with van der Waals surface area (Å²) in [5.74, 6) is 1.82. The van der Waals surface area contributed by atoms with Crippen LogP contribution in [0.2, 0.25) is 0 Å². The zero-order valence-corrected chi connectivity index (χ0v) is 12.0. The molecule has 1 fully saturated rings. The van der Waals surface area contributed by atoms with Crippen LogP contribution < -0.4 is 9.64 Å². The maximum Gasteiger partial charge on any atom is 0.196 e. The van der Waals surface area contributed by atoms with Gasteiger partial charge < -0.3 is 14.1 Å². The number of fused-ring (bicyclic) bond motifs is 1. The first-order valence-corrected chi connectivity index (χ1v) is 7.09. The van der Waals surface area contributed by atoms with Crippen LogP contribution >= 0.6 is 15.9 Å². The summed E-state index contributed by atoms with van der Waals surface area (Å²) in [7, 11) is 1.68. The topological polar surface area (TPSA) is 25.6 Å². The van der Waals surface area contributed by atoms with E-state index in [1.807, 2.05) is 12.1 Å². The van der Waals surface area contributed by atoms with E-state index in [1.54, 1.807) is 7.11 Å². The monoisotopic (exact) mass is 309 g/mol. The maximum atomic E-state index is 5.96. The van der Waals surface area contributed by atoms with Gasteiger partial charge in [-0.05, 0) is 47.3 Å². The molecule has 1 aromatic heterocycles. The second kappa shape index (κ2) is 4.84. The number of hydrogen-bond acceptors (Lipinski definition) is 3. The Morgan fingerprint density at radius 2 is 1.94 bits per heavy atom. The summed E-state index contributed by atoms with van der Waals surface area (Å²) in [5, 5.41) is 1.08. The molecule has 2 heterocycles. The quantitative estimate of drug-likeness (QED) is 0.831. The van der Waals surface area contributed by atoms with Crippen molar-refractivity contribution >= 4 is 32.8 Å².